The van der Waals surface area contributed by atoms with Crippen molar-refractivity contribution in [3.63, 3.8) is 0 Å². The first kappa shape index (κ1) is 14.7. The van der Waals surface area contributed by atoms with E-state index in [9.17, 15) is 4.79 Å². The molecule has 0 aromatic carbocycles. The molecule has 0 N–H and O–H groups in total. The number of ketones is 1. The summed E-state index contributed by atoms with van der Waals surface area (Å²) in [6.07, 6.45) is 3.92. The number of hydrogen-bond acceptors (Lipinski definition) is 4. The second-order valence-electron chi connectivity index (χ2n) is 4.89. The van der Waals surface area contributed by atoms with Gasteiger partial charge in [-0.3, -0.25) is 4.79 Å². The lowest BCUT2D eigenvalue weighted by Crippen LogP contribution is -2.12. The minimum atomic E-state index is -0.262. The molecule has 1 fully saturated rings. The summed E-state index contributed by atoms with van der Waals surface area (Å²) in [5, 5.41) is 0. The number of Topliss-reactive ketones (excluding diaryl/α,β-unsaturated/α-hetero) is 1. The van der Waals surface area contributed by atoms with Crippen molar-refractivity contribution in [2.45, 2.75) is 45.8 Å². The fourth-order valence-electron chi connectivity index (χ4n) is 2.31. The van der Waals surface area contributed by atoms with E-state index >= 15 is 0 Å². The fraction of sp³-hybridized carbons (Fsp3) is 0.667. The van der Waals surface area contributed by atoms with E-state index in [2.05, 4.69) is 13.8 Å². The Labute approximate surface area is 118 Å². The van der Waals surface area contributed by atoms with E-state index in [0.717, 1.165) is 35.4 Å². The quantitative estimate of drug-likeness (QED) is 0.703. The van der Waals surface area contributed by atoms with Gasteiger partial charge >= 0.3 is 0 Å². The number of rotatable bonds is 7. The summed E-state index contributed by atoms with van der Waals surface area (Å²) < 4.78 is 10.9. The van der Waals surface area contributed by atoms with Gasteiger partial charge in [-0.25, -0.2) is 0 Å². The van der Waals surface area contributed by atoms with Crippen LogP contribution in [0.25, 0.3) is 0 Å². The van der Waals surface area contributed by atoms with Gasteiger partial charge in [0, 0.05) is 5.92 Å². The number of ether oxygens (including phenoxy) is 2. The predicted octanol–water partition coefficient (Wildman–Crippen LogP) is 4.19. The molecule has 19 heavy (non-hydrogen) atoms. The normalized spacial score (nSPS) is 17.8. The van der Waals surface area contributed by atoms with Crippen LogP contribution in [0.3, 0.4) is 0 Å². The van der Waals surface area contributed by atoms with Crippen molar-refractivity contribution in [2.24, 2.45) is 5.92 Å². The Balaban J connectivity index is 2.01. The lowest BCUT2D eigenvalue weighted by molar-refractivity contribution is -0.0413. The minimum absolute atomic E-state index is 0.164. The molecular formula is C15H22O3S. The van der Waals surface area contributed by atoms with Crippen LogP contribution in [0.5, 0.6) is 0 Å². The summed E-state index contributed by atoms with van der Waals surface area (Å²) >= 11 is 1.52. The molecule has 3 nitrogen and oxygen atoms in total. The van der Waals surface area contributed by atoms with E-state index in [1.54, 1.807) is 0 Å². The third-order valence-corrected chi connectivity index (χ3v) is 4.61. The largest absolute Gasteiger partial charge is 0.345 e. The van der Waals surface area contributed by atoms with Gasteiger partial charge in [-0.05, 0) is 25.0 Å². The Morgan fingerprint density at radius 1 is 1.37 bits per heavy atom. The molecule has 0 spiro atoms. The molecule has 1 aliphatic heterocycles. The van der Waals surface area contributed by atoms with Crippen molar-refractivity contribution in [2.75, 3.05) is 13.2 Å². The molecule has 1 aromatic heterocycles. The summed E-state index contributed by atoms with van der Waals surface area (Å²) in [7, 11) is 0. The van der Waals surface area contributed by atoms with Gasteiger partial charge in [-0.15, -0.1) is 11.3 Å². The SMILES string of the molecule is CCCC[C@@H](CC)C(=O)c1ccc(C2OCCO2)s1. The maximum Gasteiger partial charge on any atom is 0.193 e. The van der Waals surface area contributed by atoms with Crippen LogP contribution >= 0.6 is 11.3 Å². The standard InChI is InChI=1S/C15H22O3S/c1-3-5-6-11(4-2)14(16)12-7-8-13(19-12)15-17-9-10-18-15/h7-8,11,15H,3-6,9-10H2,1-2H3/t11-/m1/s1. The van der Waals surface area contributed by atoms with Crippen molar-refractivity contribution in [3.05, 3.63) is 21.9 Å². The zero-order valence-corrected chi connectivity index (χ0v) is 12.5. The fourth-order valence-corrected chi connectivity index (χ4v) is 3.33. The minimum Gasteiger partial charge on any atom is -0.345 e. The number of carbonyl (C=O) groups is 1. The maximum absolute atomic E-state index is 12.4. The maximum atomic E-state index is 12.4. The Hall–Kier alpha value is -0.710. The van der Waals surface area contributed by atoms with Crippen molar-refractivity contribution < 1.29 is 14.3 Å². The van der Waals surface area contributed by atoms with Crippen LogP contribution in [-0.2, 0) is 9.47 Å². The van der Waals surface area contributed by atoms with Crippen molar-refractivity contribution in [1.82, 2.24) is 0 Å². The van der Waals surface area contributed by atoms with E-state index in [1.807, 2.05) is 12.1 Å². The molecule has 2 rings (SSSR count). The van der Waals surface area contributed by atoms with E-state index in [1.165, 1.54) is 11.3 Å². The van der Waals surface area contributed by atoms with E-state index in [0.29, 0.717) is 13.2 Å². The van der Waals surface area contributed by atoms with Crippen LogP contribution in [0.15, 0.2) is 12.1 Å². The van der Waals surface area contributed by atoms with Crippen molar-refractivity contribution >= 4 is 17.1 Å². The van der Waals surface area contributed by atoms with Gasteiger partial charge < -0.3 is 9.47 Å². The summed E-state index contributed by atoms with van der Waals surface area (Å²) in [6.45, 7) is 5.53. The average molecular weight is 282 g/mol. The van der Waals surface area contributed by atoms with Crippen LogP contribution < -0.4 is 0 Å². The topological polar surface area (TPSA) is 35.5 Å². The summed E-state index contributed by atoms with van der Waals surface area (Å²) in [5.74, 6) is 0.446. The Morgan fingerprint density at radius 2 is 2.11 bits per heavy atom. The van der Waals surface area contributed by atoms with Crippen molar-refractivity contribution in [1.29, 1.82) is 0 Å². The Bertz CT molecular complexity index is 407. The molecule has 0 saturated carbocycles. The van der Waals surface area contributed by atoms with Crippen LogP contribution in [0.1, 0.15) is 60.4 Å². The zero-order valence-electron chi connectivity index (χ0n) is 11.7. The Kier molecular flexibility index (Phi) is 5.55. The Morgan fingerprint density at radius 3 is 2.74 bits per heavy atom. The van der Waals surface area contributed by atoms with Gasteiger partial charge in [0.1, 0.15) is 0 Å². The third-order valence-electron chi connectivity index (χ3n) is 3.49. The molecule has 1 atom stereocenters. The molecule has 0 radical (unpaired) electrons. The zero-order chi connectivity index (χ0) is 13.7. The number of carbonyl (C=O) groups excluding carboxylic acids is 1. The van der Waals surface area contributed by atoms with Gasteiger partial charge in [0.2, 0.25) is 0 Å². The van der Waals surface area contributed by atoms with E-state index in [-0.39, 0.29) is 18.0 Å². The first-order valence-corrected chi connectivity index (χ1v) is 7.95. The second-order valence-corrected chi connectivity index (χ2v) is 6.00. The van der Waals surface area contributed by atoms with Crippen LogP contribution in [0, 0.1) is 5.92 Å². The van der Waals surface area contributed by atoms with Crippen molar-refractivity contribution in [3.8, 4) is 0 Å². The highest BCUT2D eigenvalue weighted by atomic mass is 32.1. The summed E-state index contributed by atoms with van der Waals surface area (Å²) in [4.78, 5) is 14.3. The van der Waals surface area contributed by atoms with Gasteiger partial charge in [0.05, 0.1) is 23.0 Å². The molecule has 1 aromatic rings. The lowest BCUT2D eigenvalue weighted by Gasteiger charge is -2.11. The molecule has 2 heterocycles. The highest BCUT2D eigenvalue weighted by Gasteiger charge is 2.24. The molecule has 0 amide bonds. The molecular weight excluding hydrogens is 260 g/mol. The lowest BCUT2D eigenvalue weighted by atomic mass is 9.94. The monoisotopic (exact) mass is 282 g/mol. The third kappa shape index (κ3) is 3.65. The van der Waals surface area contributed by atoms with Crippen LogP contribution in [0.4, 0.5) is 0 Å². The molecule has 1 aliphatic rings. The highest BCUT2D eigenvalue weighted by Crippen LogP contribution is 2.31. The molecule has 4 heteroatoms. The molecule has 1 saturated heterocycles. The second kappa shape index (κ2) is 7.17. The summed E-state index contributed by atoms with van der Waals surface area (Å²) in [6, 6.07) is 3.88. The highest BCUT2D eigenvalue weighted by molar-refractivity contribution is 7.14. The first-order chi connectivity index (χ1) is 9.26. The number of thiophene rings is 1. The van der Waals surface area contributed by atoms with Gasteiger partial charge in [0.25, 0.3) is 0 Å². The van der Waals surface area contributed by atoms with Crippen LogP contribution in [0.2, 0.25) is 0 Å². The van der Waals surface area contributed by atoms with Gasteiger partial charge in [-0.1, -0.05) is 26.7 Å². The average Bonchev–Trinajstić information content (AvgIpc) is 3.10. The number of hydrogen-bond donors (Lipinski definition) is 0. The smallest absolute Gasteiger partial charge is 0.193 e. The van der Waals surface area contributed by atoms with Gasteiger partial charge in [0.15, 0.2) is 12.1 Å². The molecule has 106 valence electrons. The van der Waals surface area contributed by atoms with Crippen LogP contribution in [-0.4, -0.2) is 19.0 Å². The van der Waals surface area contributed by atoms with E-state index < -0.39 is 0 Å². The molecule has 0 aliphatic carbocycles. The molecule has 0 bridgehead atoms. The van der Waals surface area contributed by atoms with Gasteiger partial charge in [-0.2, -0.15) is 0 Å². The molecule has 0 unspecified atom stereocenters. The predicted molar refractivity (Wildman–Crippen MR) is 76.6 cm³/mol. The number of unbranched alkanes of at least 4 members (excludes halogenated alkanes) is 1. The first-order valence-electron chi connectivity index (χ1n) is 7.13. The summed E-state index contributed by atoms with van der Waals surface area (Å²) in [5.41, 5.74) is 0. The van der Waals surface area contributed by atoms with E-state index in [4.69, 9.17) is 9.47 Å².